The van der Waals surface area contributed by atoms with Crippen molar-refractivity contribution in [2.24, 2.45) is 23.0 Å². The summed E-state index contributed by atoms with van der Waals surface area (Å²) in [4.78, 5) is 45.2. The van der Waals surface area contributed by atoms with Crippen LogP contribution in [-0.2, 0) is 28.6 Å². The predicted octanol–water partition coefficient (Wildman–Crippen LogP) is 6.30. The van der Waals surface area contributed by atoms with E-state index in [1.165, 1.54) is 0 Å². The van der Waals surface area contributed by atoms with Gasteiger partial charge in [-0.15, -0.1) is 17.9 Å². The second kappa shape index (κ2) is 15.3. The van der Waals surface area contributed by atoms with Gasteiger partial charge in [0.25, 0.3) is 0 Å². The van der Waals surface area contributed by atoms with Crippen LogP contribution in [0.2, 0.25) is 0 Å². The first-order valence-corrected chi connectivity index (χ1v) is 17.2. The minimum Gasteiger partial charge on any atom is -0.461 e. The molecule has 2 aliphatic heterocycles. The highest BCUT2D eigenvalue weighted by molar-refractivity contribution is 7.18. The molecule has 0 aliphatic carbocycles. The molecular formula is C36H50N2O7S. The fraction of sp³-hybridized carbons (Fsp3) is 0.611. The zero-order valence-electron chi connectivity index (χ0n) is 27.8. The lowest BCUT2D eigenvalue weighted by molar-refractivity contribution is -0.160. The molecule has 0 saturated carbocycles. The number of ether oxygens (including phenoxy) is 3. The van der Waals surface area contributed by atoms with Crippen LogP contribution in [0.15, 0.2) is 43.0 Å². The lowest BCUT2D eigenvalue weighted by Crippen LogP contribution is -2.47. The average molecular weight is 655 g/mol. The van der Waals surface area contributed by atoms with E-state index in [0.29, 0.717) is 25.8 Å². The molecule has 1 fully saturated rings. The fourth-order valence-corrected chi connectivity index (χ4v) is 7.10. The molecule has 0 bridgehead atoms. The normalized spacial score (nSPS) is 31.1. The van der Waals surface area contributed by atoms with Crippen molar-refractivity contribution in [3.63, 3.8) is 0 Å². The van der Waals surface area contributed by atoms with Crippen molar-refractivity contribution in [2.45, 2.75) is 116 Å². The summed E-state index contributed by atoms with van der Waals surface area (Å²) < 4.78 is 19.3. The van der Waals surface area contributed by atoms with E-state index in [1.807, 2.05) is 51.1 Å². The fourth-order valence-electron chi connectivity index (χ4n) is 6.29. The van der Waals surface area contributed by atoms with Gasteiger partial charge in [0, 0.05) is 18.8 Å². The summed E-state index contributed by atoms with van der Waals surface area (Å²) in [7, 11) is 0. The number of nitrogens with zero attached hydrogens (tertiary/aromatic N) is 1. The SMILES string of the molecule is C=CC[C@H]1C(=O)C(C)(C)[C@@H](O)CC(=O)O[C@H](c2ccc3sc(C)nc3c2)C[C@@H]2O[C@]2(C)C/C=C\[C@H](C)[C@@H]1OC(=O)CCCCCN. The summed E-state index contributed by atoms with van der Waals surface area (Å²) in [6.07, 6.45) is 6.13. The van der Waals surface area contributed by atoms with Crippen molar-refractivity contribution in [3.8, 4) is 0 Å². The summed E-state index contributed by atoms with van der Waals surface area (Å²) in [5.41, 5.74) is 5.42. The molecule has 9 nitrogen and oxygen atoms in total. The van der Waals surface area contributed by atoms with Crippen molar-refractivity contribution in [3.05, 3.63) is 53.6 Å². The molecule has 3 heterocycles. The molecule has 46 heavy (non-hydrogen) atoms. The topological polar surface area (TPSA) is 141 Å². The second-order valence-electron chi connectivity index (χ2n) is 13.6. The number of unbranched alkanes of at least 4 members (excludes halogenated alkanes) is 2. The van der Waals surface area contributed by atoms with Gasteiger partial charge in [-0.3, -0.25) is 14.4 Å². The number of hydrogen-bond acceptors (Lipinski definition) is 10. The average Bonchev–Trinajstić information content (AvgIpc) is 3.47. The van der Waals surface area contributed by atoms with Crippen LogP contribution < -0.4 is 5.73 Å². The van der Waals surface area contributed by atoms with Crippen LogP contribution in [0.1, 0.15) is 95.7 Å². The molecule has 7 atom stereocenters. The first-order chi connectivity index (χ1) is 21.8. The number of ketones is 1. The molecule has 1 aromatic carbocycles. The van der Waals surface area contributed by atoms with Gasteiger partial charge in [-0.1, -0.05) is 51.5 Å². The van der Waals surface area contributed by atoms with E-state index in [-0.39, 0.29) is 43.0 Å². The third kappa shape index (κ3) is 8.70. The number of rotatable bonds is 9. The maximum absolute atomic E-state index is 14.2. The van der Waals surface area contributed by atoms with E-state index >= 15 is 0 Å². The van der Waals surface area contributed by atoms with Gasteiger partial charge in [0.05, 0.1) is 50.8 Å². The van der Waals surface area contributed by atoms with Crippen LogP contribution in [0, 0.1) is 24.2 Å². The molecule has 3 N–H and O–H groups in total. The van der Waals surface area contributed by atoms with Gasteiger partial charge in [0.2, 0.25) is 0 Å². The van der Waals surface area contributed by atoms with Gasteiger partial charge in [0.15, 0.2) is 0 Å². The van der Waals surface area contributed by atoms with Crippen molar-refractivity contribution >= 4 is 39.3 Å². The zero-order valence-corrected chi connectivity index (χ0v) is 28.6. The second-order valence-corrected chi connectivity index (χ2v) is 14.8. The Hall–Kier alpha value is -2.92. The van der Waals surface area contributed by atoms with Gasteiger partial charge in [0.1, 0.15) is 18.0 Å². The standard InChI is InChI=1S/C36H50N2O7S/c1-7-12-25-33(44-31(40)14-9-8-10-18-37)22(2)13-11-17-36(6)30(45-36)20-27(24-15-16-28-26(19-24)38-23(3)46-28)43-32(41)21-29(39)35(4,5)34(25)42/h7,11,13,15-16,19,22,25,27,29-30,33,39H,1,8-10,12,14,17-18,20-21,37H2,2-6H3/b13-11-/t22-,25+,27-,29-,30-,33-,36+/m0/s1. The lowest BCUT2D eigenvalue weighted by atomic mass is 9.71. The van der Waals surface area contributed by atoms with E-state index in [1.54, 1.807) is 31.3 Å². The summed E-state index contributed by atoms with van der Waals surface area (Å²) in [6, 6.07) is 5.87. The number of aliphatic hydroxyl groups is 1. The van der Waals surface area contributed by atoms with Crippen molar-refractivity contribution < 1.29 is 33.7 Å². The van der Waals surface area contributed by atoms with E-state index < -0.39 is 41.2 Å². The highest BCUT2D eigenvalue weighted by Gasteiger charge is 2.53. The minimum absolute atomic E-state index is 0.162. The number of thiazole rings is 1. The molecule has 1 saturated heterocycles. The number of esters is 2. The highest BCUT2D eigenvalue weighted by Crippen LogP contribution is 2.46. The summed E-state index contributed by atoms with van der Waals surface area (Å²) in [5.74, 6) is -2.39. The number of cyclic esters (lactones) is 1. The summed E-state index contributed by atoms with van der Waals surface area (Å²) in [5, 5.41) is 12.3. The molecule has 252 valence electrons. The minimum atomic E-state index is -1.34. The lowest BCUT2D eigenvalue weighted by Gasteiger charge is -2.36. The van der Waals surface area contributed by atoms with E-state index in [0.717, 1.165) is 33.6 Å². The monoisotopic (exact) mass is 654 g/mol. The van der Waals surface area contributed by atoms with Gasteiger partial charge >= 0.3 is 11.9 Å². The molecule has 2 aromatic rings. The number of aromatic nitrogens is 1. The number of allylic oxidation sites excluding steroid dienone is 1. The zero-order chi connectivity index (χ0) is 33.6. The quantitative estimate of drug-likeness (QED) is 0.138. The first-order valence-electron chi connectivity index (χ1n) is 16.4. The molecule has 1 aromatic heterocycles. The molecule has 0 amide bonds. The Kier molecular flexibility index (Phi) is 12.0. The Bertz CT molecular complexity index is 1430. The number of epoxide rings is 1. The van der Waals surface area contributed by atoms with Crippen molar-refractivity contribution in [2.75, 3.05) is 6.54 Å². The number of carbonyl (C=O) groups is 3. The first kappa shape index (κ1) is 35.9. The Labute approximate surface area is 276 Å². The van der Waals surface area contributed by atoms with E-state index in [2.05, 4.69) is 11.6 Å². The van der Waals surface area contributed by atoms with Crippen LogP contribution in [-0.4, -0.2) is 58.3 Å². The Morgan fingerprint density at radius 1 is 1.24 bits per heavy atom. The van der Waals surface area contributed by atoms with Crippen LogP contribution >= 0.6 is 11.3 Å². The molecule has 2 aliphatic rings. The molecule has 4 rings (SSSR count). The van der Waals surface area contributed by atoms with Crippen molar-refractivity contribution in [1.29, 1.82) is 0 Å². The largest absolute Gasteiger partial charge is 0.461 e. The van der Waals surface area contributed by atoms with Gasteiger partial charge in [-0.05, 0) is 63.8 Å². The molecule has 0 radical (unpaired) electrons. The van der Waals surface area contributed by atoms with Gasteiger partial charge < -0.3 is 25.1 Å². The molecular weight excluding hydrogens is 604 g/mol. The maximum Gasteiger partial charge on any atom is 0.309 e. The molecule has 0 unspecified atom stereocenters. The number of fused-ring (bicyclic) bond motifs is 2. The van der Waals surface area contributed by atoms with Crippen LogP contribution in [0.25, 0.3) is 10.2 Å². The number of hydrogen-bond donors (Lipinski definition) is 2. The number of benzene rings is 1. The number of nitrogens with two attached hydrogens (primary N) is 1. The Morgan fingerprint density at radius 3 is 2.72 bits per heavy atom. The summed E-state index contributed by atoms with van der Waals surface area (Å²) >= 11 is 1.60. The summed E-state index contributed by atoms with van der Waals surface area (Å²) in [6.45, 7) is 13.6. The van der Waals surface area contributed by atoms with Gasteiger partial charge in [-0.2, -0.15) is 0 Å². The van der Waals surface area contributed by atoms with Crippen LogP contribution in [0.5, 0.6) is 0 Å². The van der Waals surface area contributed by atoms with Crippen LogP contribution in [0.4, 0.5) is 0 Å². The molecule has 0 spiro atoms. The number of carbonyl (C=O) groups excluding carboxylic acids is 3. The van der Waals surface area contributed by atoms with Crippen molar-refractivity contribution in [1.82, 2.24) is 4.98 Å². The highest BCUT2D eigenvalue weighted by atomic mass is 32.1. The maximum atomic E-state index is 14.2. The van der Waals surface area contributed by atoms with Crippen LogP contribution in [0.3, 0.4) is 0 Å². The number of Topliss-reactive ketones (excluding diaryl/α,β-unsaturated/α-hetero) is 1. The Morgan fingerprint density at radius 2 is 2.00 bits per heavy atom. The van der Waals surface area contributed by atoms with E-state index in [9.17, 15) is 19.5 Å². The predicted molar refractivity (Wildman–Crippen MR) is 179 cm³/mol. The molecule has 10 heteroatoms. The third-order valence-corrected chi connectivity index (χ3v) is 10.4. The van der Waals surface area contributed by atoms with Gasteiger partial charge in [-0.25, -0.2) is 4.98 Å². The number of aryl methyl sites for hydroxylation is 1. The third-order valence-electron chi connectivity index (χ3n) is 9.44. The smallest absolute Gasteiger partial charge is 0.309 e. The number of aliphatic hydroxyl groups excluding tert-OH is 1. The Balaban J connectivity index is 1.64. The van der Waals surface area contributed by atoms with E-state index in [4.69, 9.17) is 19.9 Å².